The van der Waals surface area contributed by atoms with E-state index in [4.69, 9.17) is 4.52 Å². The number of nitrogens with zero attached hydrogens (tertiary/aromatic N) is 3. The van der Waals surface area contributed by atoms with Crippen LogP contribution in [0.15, 0.2) is 22.7 Å². The van der Waals surface area contributed by atoms with Crippen molar-refractivity contribution in [2.45, 2.75) is 75.4 Å². The molecule has 4 fully saturated rings. The van der Waals surface area contributed by atoms with E-state index in [2.05, 4.69) is 26.3 Å². The smallest absolute Gasteiger partial charge is 0.242 e. The van der Waals surface area contributed by atoms with Crippen LogP contribution in [0.3, 0.4) is 0 Å². The van der Waals surface area contributed by atoms with Crippen LogP contribution < -0.4 is 21.1 Å². The fourth-order valence-corrected chi connectivity index (χ4v) is 5.70. The molecular weight excluding hydrogens is 423 g/mol. The molecule has 3 heterocycles. The fraction of sp³-hybridized carbons (Fsp3) is 0.625. The van der Waals surface area contributed by atoms with E-state index in [1.165, 1.54) is 12.5 Å². The SMILES string of the molecule is O=C(NC1CCCC2CNNC21)C1CCCCN1c1ccc(-c2noc(C3CC3)n2)cc1F. The molecule has 1 aromatic carbocycles. The summed E-state index contributed by atoms with van der Waals surface area (Å²) in [6.45, 7) is 1.62. The topological polar surface area (TPSA) is 95.3 Å². The highest BCUT2D eigenvalue weighted by Crippen LogP contribution is 2.40. The molecule has 4 unspecified atom stereocenters. The van der Waals surface area contributed by atoms with Gasteiger partial charge in [0.25, 0.3) is 0 Å². The Hall–Kier alpha value is -2.52. The Kier molecular flexibility index (Phi) is 5.54. The quantitative estimate of drug-likeness (QED) is 0.639. The van der Waals surface area contributed by atoms with Gasteiger partial charge in [-0.25, -0.2) is 4.39 Å². The van der Waals surface area contributed by atoms with E-state index in [-0.39, 0.29) is 29.8 Å². The first-order valence-electron chi connectivity index (χ1n) is 12.4. The maximum Gasteiger partial charge on any atom is 0.242 e. The number of carbonyl (C=O) groups excluding carboxylic acids is 1. The molecule has 1 amide bonds. The third-order valence-electron chi connectivity index (χ3n) is 7.68. The molecule has 1 aromatic heterocycles. The number of carbonyl (C=O) groups is 1. The number of anilines is 1. The average Bonchev–Trinajstić information content (AvgIpc) is 3.36. The van der Waals surface area contributed by atoms with Crippen LogP contribution in [0.4, 0.5) is 10.1 Å². The lowest BCUT2D eigenvalue weighted by Crippen LogP contribution is -2.58. The number of amides is 1. The summed E-state index contributed by atoms with van der Waals surface area (Å²) in [5.41, 5.74) is 7.65. The van der Waals surface area contributed by atoms with Gasteiger partial charge in [0.1, 0.15) is 11.9 Å². The Bertz CT molecular complexity index is 1020. The molecular formula is C24H31FN6O2. The standard InChI is InChI=1S/C24H31FN6O2/c25-17-12-15(22-28-24(33-30-22)14-7-8-14)9-10-19(17)31-11-2-1-6-20(31)23(32)27-18-5-3-4-16-13-26-29-21(16)18/h9-10,12,14,16,18,20-21,26,29H,1-8,11,13H2,(H,27,32). The summed E-state index contributed by atoms with van der Waals surface area (Å²) >= 11 is 0. The number of hydrogen-bond donors (Lipinski definition) is 3. The van der Waals surface area contributed by atoms with Crippen LogP contribution in [0.5, 0.6) is 0 Å². The maximum atomic E-state index is 15.3. The zero-order valence-electron chi connectivity index (χ0n) is 18.7. The Morgan fingerprint density at radius 1 is 1.15 bits per heavy atom. The van der Waals surface area contributed by atoms with Gasteiger partial charge in [-0.05, 0) is 69.1 Å². The van der Waals surface area contributed by atoms with Gasteiger partial charge in [-0.3, -0.25) is 15.6 Å². The molecule has 2 aliphatic carbocycles. The van der Waals surface area contributed by atoms with Gasteiger partial charge in [0, 0.05) is 36.7 Å². The first kappa shape index (κ1) is 21.0. The van der Waals surface area contributed by atoms with E-state index in [1.54, 1.807) is 6.07 Å². The number of hydrazine groups is 1. The molecule has 4 atom stereocenters. The Balaban J connectivity index is 1.19. The number of aromatic nitrogens is 2. The highest BCUT2D eigenvalue weighted by Gasteiger charge is 2.39. The van der Waals surface area contributed by atoms with Crippen molar-refractivity contribution in [1.82, 2.24) is 26.3 Å². The summed E-state index contributed by atoms with van der Waals surface area (Å²) < 4.78 is 20.6. The van der Waals surface area contributed by atoms with E-state index in [1.807, 2.05) is 11.0 Å². The number of piperidine rings is 1. The van der Waals surface area contributed by atoms with Gasteiger partial charge < -0.3 is 14.7 Å². The van der Waals surface area contributed by atoms with Crippen molar-refractivity contribution < 1.29 is 13.7 Å². The van der Waals surface area contributed by atoms with Crippen molar-refractivity contribution in [3.63, 3.8) is 0 Å². The van der Waals surface area contributed by atoms with Gasteiger partial charge in [0.15, 0.2) is 0 Å². The van der Waals surface area contributed by atoms with E-state index in [0.717, 1.165) is 51.5 Å². The second-order valence-electron chi connectivity index (χ2n) is 9.96. The Labute approximate surface area is 192 Å². The summed E-state index contributed by atoms with van der Waals surface area (Å²) in [6, 6.07) is 5.06. The average molecular weight is 455 g/mol. The summed E-state index contributed by atoms with van der Waals surface area (Å²) in [6.07, 6.45) is 8.08. The predicted octanol–water partition coefficient (Wildman–Crippen LogP) is 2.87. The Morgan fingerprint density at radius 2 is 2.06 bits per heavy atom. The summed E-state index contributed by atoms with van der Waals surface area (Å²) in [4.78, 5) is 19.7. The third kappa shape index (κ3) is 4.12. The van der Waals surface area contributed by atoms with E-state index in [0.29, 0.717) is 41.3 Å². The minimum atomic E-state index is -0.361. The van der Waals surface area contributed by atoms with E-state index < -0.39 is 0 Å². The number of halogens is 1. The number of hydrogen-bond acceptors (Lipinski definition) is 7. The van der Waals surface area contributed by atoms with Crippen molar-refractivity contribution >= 4 is 11.6 Å². The Morgan fingerprint density at radius 3 is 2.91 bits per heavy atom. The normalized spacial score (nSPS) is 29.7. The second-order valence-corrected chi connectivity index (χ2v) is 9.96. The van der Waals surface area contributed by atoms with E-state index >= 15 is 4.39 Å². The molecule has 6 rings (SSSR count). The molecule has 2 aromatic rings. The lowest BCUT2D eigenvalue weighted by atomic mass is 9.82. The van der Waals surface area contributed by atoms with Gasteiger partial charge in [-0.1, -0.05) is 11.6 Å². The van der Waals surface area contributed by atoms with Gasteiger partial charge in [-0.15, -0.1) is 0 Å². The van der Waals surface area contributed by atoms with Crippen LogP contribution in [0.1, 0.15) is 63.2 Å². The van der Waals surface area contributed by atoms with Crippen molar-refractivity contribution in [2.75, 3.05) is 18.0 Å². The molecule has 2 saturated carbocycles. The first-order chi connectivity index (χ1) is 16.2. The highest BCUT2D eigenvalue weighted by atomic mass is 19.1. The van der Waals surface area contributed by atoms with Gasteiger partial charge >= 0.3 is 0 Å². The molecule has 0 bridgehead atoms. The fourth-order valence-electron chi connectivity index (χ4n) is 5.70. The monoisotopic (exact) mass is 454 g/mol. The molecule has 8 nitrogen and oxygen atoms in total. The lowest BCUT2D eigenvalue weighted by Gasteiger charge is -2.39. The minimum absolute atomic E-state index is 0.00442. The molecule has 176 valence electrons. The number of benzene rings is 1. The molecule has 33 heavy (non-hydrogen) atoms. The molecule has 0 spiro atoms. The van der Waals surface area contributed by atoms with Crippen LogP contribution >= 0.6 is 0 Å². The minimum Gasteiger partial charge on any atom is -0.357 e. The van der Waals surface area contributed by atoms with E-state index in [9.17, 15) is 4.79 Å². The third-order valence-corrected chi connectivity index (χ3v) is 7.68. The molecule has 2 saturated heterocycles. The summed E-state index contributed by atoms with van der Waals surface area (Å²) in [5, 5.41) is 7.32. The summed E-state index contributed by atoms with van der Waals surface area (Å²) in [5.74, 6) is 1.62. The molecule has 2 aliphatic heterocycles. The first-order valence-corrected chi connectivity index (χ1v) is 12.4. The van der Waals surface area contributed by atoms with Gasteiger partial charge in [-0.2, -0.15) is 4.98 Å². The van der Waals surface area contributed by atoms with Gasteiger partial charge in [0.2, 0.25) is 17.6 Å². The van der Waals surface area contributed by atoms with Gasteiger partial charge in [0.05, 0.1) is 5.69 Å². The van der Waals surface area contributed by atoms with Crippen LogP contribution in [0, 0.1) is 11.7 Å². The number of rotatable bonds is 5. The molecule has 9 heteroatoms. The van der Waals surface area contributed by atoms with Crippen LogP contribution in [0.25, 0.3) is 11.4 Å². The summed E-state index contributed by atoms with van der Waals surface area (Å²) in [7, 11) is 0. The zero-order valence-corrected chi connectivity index (χ0v) is 18.7. The highest BCUT2D eigenvalue weighted by molar-refractivity contribution is 5.86. The molecule has 0 radical (unpaired) electrons. The molecule has 4 aliphatic rings. The zero-order chi connectivity index (χ0) is 22.4. The molecule has 3 N–H and O–H groups in total. The number of nitrogens with one attached hydrogen (secondary N) is 3. The lowest BCUT2D eigenvalue weighted by molar-refractivity contribution is -0.124. The van der Waals surface area contributed by atoms with Crippen LogP contribution in [0.2, 0.25) is 0 Å². The van der Waals surface area contributed by atoms with Crippen molar-refractivity contribution in [1.29, 1.82) is 0 Å². The van der Waals surface area contributed by atoms with Crippen molar-refractivity contribution in [3.8, 4) is 11.4 Å². The second kappa shape index (κ2) is 8.68. The van der Waals surface area contributed by atoms with Crippen LogP contribution in [-0.2, 0) is 4.79 Å². The predicted molar refractivity (Wildman–Crippen MR) is 121 cm³/mol. The maximum absolute atomic E-state index is 15.3. The van der Waals surface area contributed by atoms with Crippen molar-refractivity contribution in [2.24, 2.45) is 5.92 Å². The van der Waals surface area contributed by atoms with Crippen molar-refractivity contribution in [3.05, 3.63) is 29.9 Å². The largest absolute Gasteiger partial charge is 0.357 e. The van der Waals surface area contributed by atoms with Crippen LogP contribution in [-0.4, -0.2) is 47.3 Å². The number of fused-ring (bicyclic) bond motifs is 1.